The Balaban J connectivity index is 1.83. The van der Waals surface area contributed by atoms with Crippen LogP contribution in [0.2, 0.25) is 0 Å². The predicted octanol–water partition coefficient (Wildman–Crippen LogP) is 1.03. The van der Waals surface area contributed by atoms with E-state index in [4.69, 9.17) is 0 Å². The second kappa shape index (κ2) is 6.72. The van der Waals surface area contributed by atoms with E-state index in [2.05, 4.69) is 5.32 Å². The van der Waals surface area contributed by atoms with Crippen molar-refractivity contribution in [3.05, 3.63) is 35.9 Å². The van der Waals surface area contributed by atoms with Gasteiger partial charge in [0.1, 0.15) is 6.04 Å². The van der Waals surface area contributed by atoms with Crippen LogP contribution in [0.3, 0.4) is 0 Å². The van der Waals surface area contributed by atoms with Gasteiger partial charge >= 0.3 is 0 Å². The van der Waals surface area contributed by atoms with Gasteiger partial charge in [-0.05, 0) is 37.8 Å². The number of amides is 2. The van der Waals surface area contributed by atoms with Crippen LogP contribution < -0.4 is 5.32 Å². The summed E-state index contributed by atoms with van der Waals surface area (Å²) in [5.41, 5.74) is 0.543. The zero-order valence-corrected chi connectivity index (χ0v) is 12.5. The highest BCUT2D eigenvalue weighted by Gasteiger charge is 2.30. The minimum absolute atomic E-state index is 0.110. The lowest BCUT2D eigenvalue weighted by molar-refractivity contribution is -0.133. The lowest BCUT2D eigenvalue weighted by atomic mass is 9.82. The summed E-state index contributed by atoms with van der Waals surface area (Å²) in [5, 5.41) is 12.0. The van der Waals surface area contributed by atoms with Crippen LogP contribution in [-0.4, -0.2) is 47.6 Å². The zero-order valence-electron chi connectivity index (χ0n) is 12.5. The van der Waals surface area contributed by atoms with Crippen LogP contribution >= 0.6 is 0 Å². The topological polar surface area (TPSA) is 69.6 Å². The quantitative estimate of drug-likeness (QED) is 0.851. The molecule has 1 fully saturated rings. The van der Waals surface area contributed by atoms with Crippen LogP contribution in [0, 0.1) is 5.92 Å². The van der Waals surface area contributed by atoms with Gasteiger partial charge in [-0.1, -0.05) is 18.2 Å². The molecule has 0 aromatic heterocycles. The molecule has 1 aliphatic rings. The van der Waals surface area contributed by atoms with Crippen LogP contribution in [0.25, 0.3) is 0 Å². The summed E-state index contributed by atoms with van der Waals surface area (Å²) in [7, 11) is 1.73. The third kappa shape index (κ3) is 4.04. The zero-order chi connectivity index (χ0) is 15.4. The second-order valence-corrected chi connectivity index (χ2v) is 5.77. The first-order chi connectivity index (χ1) is 9.97. The van der Waals surface area contributed by atoms with Crippen LogP contribution in [0.5, 0.6) is 0 Å². The molecule has 1 unspecified atom stereocenters. The van der Waals surface area contributed by atoms with Crippen molar-refractivity contribution < 1.29 is 14.7 Å². The van der Waals surface area contributed by atoms with Crippen molar-refractivity contribution in [2.75, 3.05) is 13.6 Å². The molecule has 21 heavy (non-hydrogen) atoms. The monoisotopic (exact) mass is 290 g/mol. The Labute approximate surface area is 125 Å². The molecule has 0 aliphatic heterocycles. The fourth-order valence-corrected chi connectivity index (χ4v) is 2.59. The van der Waals surface area contributed by atoms with E-state index in [0.717, 1.165) is 12.8 Å². The van der Waals surface area contributed by atoms with E-state index in [1.807, 2.05) is 6.07 Å². The normalized spacial score (nSPS) is 22.0. The van der Waals surface area contributed by atoms with Gasteiger partial charge in [0.25, 0.3) is 5.91 Å². The Bertz CT molecular complexity index is 498. The van der Waals surface area contributed by atoms with Crippen molar-refractivity contribution in [2.45, 2.75) is 31.9 Å². The number of hydrogen-bond acceptors (Lipinski definition) is 3. The first-order valence-electron chi connectivity index (χ1n) is 7.26. The Kier molecular flexibility index (Phi) is 4.96. The molecular formula is C16H22N2O3. The van der Waals surface area contributed by atoms with E-state index in [9.17, 15) is 14.7 Å². The van der Waals surface area contributed by atoms with E-state index in [1.165, 1.54) is 0 Å². The first kappa shape index (κ1) is 15.5. The maximum atomic E-state index is 12.2. The lowest BCUT2D eigenvalue weighted by Crippen LogP contribution is -2.48. The van der Waals surface area contributed by atoms with E-state index in [-0.39, 0.29) is 17.9 Å². The molecular weight excluding hydrogens is 268 g/mol. The number of nitrogens with one attached hydrogen (secondary N) is 1. The van der Waals surface area contributed by atoms with Crippen molar-refractivity contribution in [3.8, 4) is 0 Å². The second-order valence-electron chi connectivity index (χ2n) is 5.77. The summed E-state index contributed by atoms with van der Waals surface area (Å²) >= 11 is 0. The molecule has 0 spiro atoms. The fourth-order valence-electron chi connectivity index (χ4n) is 2.59. The van der Waals surface area contributed by atoms with E-state index in [1.54, 1.807) is 43.1 Å². The molecule has 2 amide bonds. The maximum Gasteiger partial charge on any atom is 0.251 e. The standard InChI is InChI=1S/C16H22N2O3/c1-11(17-15(20)13-6-4-3-5-7-13)16(21)18(2)10-12-8-14(19)9-12/h3-7,11-12,14,19H,8-10H2,1-2H3,(H,17,20). The number of hydrogen-bond donors (Lipinski definition) is 2. The van der Waals surface area contributed by atoms with Gasteiger partial charge in [0, 0.05) is 19.2 Å². The number of likely N-dealkylation sites (N-methyl/N-ethyl adjacent to an activating group) is 1. The summed E-state index contributed by atoms with van der Waals surface area (Å²) in [5.74, 6) is 0.00978. The highest BCUT2D eigenvalue weighted by atomic mass is 16.3. The molecule has 0 heterocycles. The summed E-state index contributed by atoms with van der Waals surface area (Å²) in [6.07, 6.45) is 1.29. The Morgan fingerprint density at radius 2 is 1.95 bits per heavy atom. The summed E-state index contributed by atoms with van der Waals surface area (Å²) < 4.78 is 0. The van der Waals surface area contributed by atoms with E-state index >= 15 is 0 Å². The molecule has 0 radical (unpaired) electrons. The summed E-state index contributed by atoms with van der Waals surface area (Å²) in [6.45, 7) is 2.32. The van der Waals surface area contributed by atoms with Crippen LogP contribution in [-0.2, 0) is 4.79 Å². The lowest BCUT2D eigenvalue weighted by Gasteiger charge is -2.35. The van der Waals surface area contributed by atoms with Crippen LogP contribution in [0.1, 0.15) is 30.1 Å². The van der Waals surface area contributed by atoms with Crippen molar-refractivity contribution >= 4 is 11.8 Å². The largest absolute Gasteiger partial charge is 0.393 e. The average Bonchev–Trinajstić information content (AvgIpc) is 2.45. The third-order valence-corrected chi connectivity index (χ3v) is 3.87. The van der Waals surface area contributed by atoms with Gasteiger partial charge in [0.15, 0.2) is 0 Å². The fraction of sp³-hybridized carbons (Fsp3) is 0.500. The number of nitrogens with zero attached hydrogens (tertiary/aromatic N) is 1. The average molecular weight is 290 g/mol. The molecule has 1 aromatic carbocycles. The van der Waals surface area contributed by atoms with Crippen LogP contribution in [0.4, 0.5) is 0 Å². The molecule has 5 heteroatoms. The number of carbonyl (C=O) groups excluding carboxylic acids is 2. The van der Waals surface area contributed by atoms with Crippen LogP contribution in [0.15, 0.2) is 30.3 Å². The molecule has 0 saturated heterocycles. The van der Waals surface area contributed by atoms with E-state index < -0.39 is 6.04 Å². The number of aliphatic hydroxyl groups excluding tert-OH is 1. The minimum Gasteiger partial charge on any atom is -0.393 e. The van der Waals surface area contributed by atoms with Gasteiger partial charge in [-0.3, -0.25) is 9.59 Å². The van der Waals surface area contributed by atoms with Gasteiger partial charge in [0.05, 0.1) is 6.10 Å². The predicted molar refractivity (Wildman–Crippen MR) is 79.7 cm³/mol. The molecule has 1 saturated carbocycles. The first-order valence-corrected chi connectivity index (χ1v) is 7.26. The molecule has 0 bridgehead atoms. The van der Waals surface area contributed by atoms with Gasteiger partial charge in [-0.25, -0.2) is 0 Å². The highest BCUT2D eigenvalue weighted by Crippen LogP contribution is 2.27. The summed E-state index contributed by atoms with van der Waals surface area (Å²) in [4.78, 5) is 25.8. The van der Waals surface area contributed by atoms with Crippen molar-refractivity contribution in [3.63, 3.8) is 0 Å². The Hall–Kier alpha value is -1.88. The third-order valence-electron chi connectivity index (χ3n) is 3.87. The smallest absolute Gasteiger partial charge is 0.251 e. The Morgan fingerprint density at radius 1 is 1.33 bits per heavy atom. The molecule has 1 atom stereocenters. The highest BCUT2D eigenvalue weighted by molar-refractivity contribution is 5.97. The molecule has 2 rings (SSSR count). The maximum absolute atomic E-state index is 12.2. The minimum atomic E-state index is -0.562. The molecule has 114 valence electrons. The van der Waals surface area contributed by atoms with Gasteiger partial charge in [-0.2, -0.15) is 0 Å². The van der Waals surface area contributed by atoms with Crippen molar-refractivity contribution in [2.24, 2.45) is 5.92 Å². The summed E-state index contributed by atoms with van der Waals surface area (Å²) in [6, 6.07) is 8.28. The van der Waals surface area contributed by atoms with Gasteiger partial charge in [-0.15, -0.1) is 0 Å². The molecule has 2 N–H and O–H groups in total. The molecule has 1 aromatic rings. The van der Waals surface area contributed by atoms with Gasteiger partial charge < -0.3 is 15.3 Å². The SMILES string of the molecule is CC(NC(=O)c1ccccc1)C(=O)N(C)CC1CC(O)C1. The molecule has 5 nitrogen and oxygen atoms in total. The number of rotatable bonds is 5. The van der Waals surface area contributed by atoms with Gasteiger partial charge in [0.2, 0.25) is 5.91 Å². The molecule has 1 aliphatic carbocycles. The van der Waals surface area contributed by atoms with Crippen molar-refractivity contribution in [1.82, 2.24) is 10.2 Å². The number of carbonyl (C=O) groups is 2. The van der Waals surface area contributed by atoms with Crippen molar-refractivity contribution in [1.29, 1.82) is 0 Å². The van der Waals surface area contributed by atoms with E-state index in [0.29, 0.717) is 18.0 Å². The number of benzene rings is 1. The Morgan fingerprint density at radius 3 is 2.52 bits per heavy atom. The number of aliphatic hydroxyl groups is 1.